The topological polar surface area (TPSA) is 106 Å². The molecule has 1 aliphatic rings. The van der Waals surface area contributed by atoms with Crippen LogP contribution in [0.1, 0.15) is 28.8 Å². The normalized spacial score (nSPS) is 13.5. The summed E-state index contributed by atoms with van der Waals surface area (Å²) < 4.78 is 15.3. The largest absolute Gasteiger partial charge is 0.347 e. The van der Waals surface area contributed by atoms with E-state index in [2.05, 4.69) is 20.7 Å². The molecule has 0 spiro atoms. The van der Waals surface area contributed by atoms with Crippen LogP contribution < -0.4 is 10.6 Å². The number of nitrogens with zero attached hydrogens (tertiary/aromatic N) is 3. The molecule has 0 unspecified atom stereocenters. The number of aromatic nitrogens is 3. The van der Waals surface area contributed by atoms with E-state index in [1.165, 1.54) is 29.1 Å². The molecule has 2 aromatic carbocycles. The number of pyridine rings is 1. The van der Waals surface area contributed by atoms with Crippen LogP contribution in [0.25, 0.3) is 17.1 Å². The monoisotopic (exact) mass is 497 g/mol. The Morgan fingerprint density at radius 1 is 1.00 bits per heavy atom. The highest BCUT2D eigenvalue weighted by Gasteiger charge is 2.32. The van der Waals surface area contributed by atoms with Crippen molar-refractivity contribution >= 4 is 17.6 Å². The van der Waals surface area contributed by atoms with Crippen molar-refractivity contribution in [2.24, 2.45) is 0 Å². The minimum Gasteiger partial charge on any atom is -0.347 e. The molecule has 9 heteroatoms. The molecule has 0 bridgehead atoms. The predicted molar refractivity (Wildman–Crippen MR) is 134 cm³/mol. The van der Waals surface area contributed by atoms with Gasteiger partial charge in [-0.25, -0.2) is 14.1 Å². The molecule has 1 saturated carbocycles. The number of hydrogen-bond donors (Lipinski definition) is 2. The molecule has 1 fully saturated rings. The fourth-order valence-electron chi connectivity index (χ4n) is 3.95. The summed E-state index contributed by atoms with van der Waals surface area (Å²) in [5.41, 5.74) is 2.26. The second kappa shape index (κ2) is 10.5. The lowest BCUT2D eigenvalue weighted by molar-refractivity contribution is -0.139. The summed E-state index contributed by atoms with van der Waals surface area (Å²) in [6.07, 6.45) is 4.81. The van der Waals surface area contributed by atoms with Crippen molar-refractivity contribution in [1.29, 1.82) is 0 Å². The number of carbonyl (C=O) groups is 3. The quantitative estimate of drug-likeness (QED) is 0.345. The van der Waals surface area contributed by atoms with E-state index < -0.39 is 29.5 Å². The Bertz CT molecular complexity index is 1450. The first kappa shape index (κ1) is 24.1. The molecule has 186 valence electrons. The third-order valence-electron chi connectivity index (χ3n) is 5.99. The summed E-state index contributed by atoms with van der Waals surface area (Å²) in [7, 11) is 0. The number of amides is 2. The van der Waals surface area contributed by atoms with Gasteiger partial charge in [0, 0.05) is 30.4 Å². The molecule has 0 radical (unpaired) electrons. The highest BCUT2D eigenvalue weighted by atomic mass is 19.1. The van der Waals surface area contributed by atoms with E-state index in [0.29, 0.717) is 11.3 Å². The van der Waals surface area contributed by atoms with Gasteiger partial charge in [0.2, 0.25) is 5.78 Å². The van der Waals surface area contributed by atoms with Gasteiger partial charge in [-0.05, 0) is 48.7 Å². The molecule has 5 rings (SSSR count). The molecule has 4 aromatic rings. The number of rotatable bonds is 9. The Labute approximate surface area is 212 Å². The van der Waals surface area contributed by atoms with Crippen LogP contribution in [-0.2, 0) is 16.0 Å². The van der Waals surface area contributed by atoms with Gasteiger partial charge >= 0.3 is 0 Å². The molecule has 2 N–H and O–H groups in total. The molecule has 37 heavy (non-hydrogen) atoms. The summed E-state index contributed by atoms with van der Waals surface area (Å²) in [6.45, 7) is 0. The van der Waals surface area contributed by atoms with Gasteiger partial charge < -0.3 is 10.6 Å². The molecule has 2 amide bonds. The number of benzene rings is 2. The van der Waals surface area contributed by atoms with E-state index in [4.69, 9.17) is 0 Å². The van der Waals surface area contributed by atoms with E-state index in [9.17, 15) is 18.8 Å². The van der Waals surface area contributed by atoms with Crippen LogP contribution in [0.5, 0.6) is 0 Å². The van der Waals surface area contributed by atoms with Gasteiger partial charge in [-0.15, -0.1) is 0 Å². The Morgan fingerprint density at radius 3 is 2.57 bits per heavy atom. The average molecular weight is 498 g/mol. The van der Waals surface area contributed by atoms with E-state index in [-0.39, 0.29) is 23.8 Å². The van der Waals surface area contributed by atoms with Crippen LogP contribution in [0.3, 0.4) is 0 Å². The predicted octanol–water partition coefficient (Wildman–Crippen LogP) is 3.26. The maximum absolute atomic E-state index is 13.8. The van der Waals surface area contributed by atoms with Gasteiger partial charge in [0.05, 0.1) is 11.3 Å². The molecular weight excluding hydrogens is 473 g/mol. The molecule has 2 aromatic heterocycles. The van der Waals surface area contributed by atoms with E-state index in [1.54, 1.807) is 24.4 Å². The van der Waals surface area contributed by atoms with Crippen molar-refractivity contribution in [2.75, 3.05) is 0 Å². The maximum atomic E-state index is 13.8. The fraction of sp³-hybridized carbons (Fsp3) is 0.179. The van der Waals surface area contributed by atoms with Crippen molar-refractivity contribution in [3.63, 3.8) is 0 Å². The zero-order valence-corrected chi connectivity index (χ0v) is 19.8. The van der Waals surface area contributed by atoms with Crippen LogP contribution in [0.15, 0.2) is 85.2 Å². The maximum Gasteiger partial charge on any atom is 0.289 e. The standard InChI is InChI=1S/C28H24FN5O3/c29-20-9-4-6-18(16-20)17-24(25(35)28(37)31-21-11-12-21)32-27(36)22-10-5-14-30-26(22)34-15-13-23(33-34)19-7-2-1-3-8-19/h1-10,13-16,21,24H,11-12,17H2,(H,31,37)(H,32,36)/t24-/m1/s1. The lowest BCUT2D eigenvalue weighted by Crippen LogP contribution is -2.49. The SMILES string of the molecule is O=C(NC1CC1)C(=O)[C@@H](Cc1cccc(F)c1)NC(=O)c1cccnc1-n1ccc(-c2ccccc2)n1. The van der Waals surface area contributed by atoms with E-state index in [0.717, 1.165) is 18.4 Å². The van der Waals surface area contributed by atoms with E-state index >= 15 is 0 Å². The number of carbonyl (C=O) groups excluding carboxylic acids is 3. The van der Waals surface area contributed by atoms with Crippen molar-refractivity contribution in [1.82, 2.24) is 25.4 Å². The molecule has 0 aliphatic heterocycles. The van der Waals surface area contributed by atoms with Crippen LogP contribution in [0.4, 0.5) is 4.39 Å². The number of ketones is 1. The molecular formula is C28H24FN5O3. The lowest BCUT2D eigenvalue weighted by atomic mass is 10.0. The first-order valence-electron chi connectivity index (χ1n) is 11.9. The van der Waals surface area contributed by atoms with Gasteiger partial charge in [0.1, 0.15) is 11.9 Å². The number of halogens is 1. The molecule has 1 aliphatic carbocycles. The number of nitrogens with one attached hydrogen (secondary N) is 2. The van der Waals surface area contributed by atoms with Gasteiger partial charge in [-0.3, -0.25) is 14.4 Å². The number of hydrogen-bond acceptors (Lipinski definition) is 5. The van der Waals surface area contributed by atoms with Crippen molar-refractivity contribution in [3.8, 4) is 17.1 Å². The fourth-order valence-corrected chi connectivity index (χ4v) is 3.95. The Balaban J connectivity index is 1.41. The second-order valence-corrected chi connectivity index (χ2v) is 8.86. The van der Waals surface area contributed by atoms with Gasteiger partial charge in [-0.2, -0.15) is 5.10 Å². The minimum absolute atomic E-state index is 0.0227. The number of Topliss-reactive ketones (excluding diaryl/α,β-unsaturated/α-hetero) is 1. The lowest BCUT2D eigenvalue weighted by Gasteiger charge is -2.18. The molecule has 8 nitrogen and oxygen atoms in total. The molecule has 1 atom stereocenters. The molecule has 2 heterocycles. The smallest absolute Gasteiger partial charge is 0.289 e. The highest BCUT2D eigenvalue weighted by molar-refractivity contribution is 6.38. The summed E-state index contributed by atoms with van der Waals surface area (Å²) in [4.78, 5) is 43.3. The van der Waals surface area contributed by atoms with Gasteiger partial charge in [-0.1, -0.05) is 42.5 Å². The first-order chi connectivity index (χ1) is 18.0. The van der Waals surface area contributed by atoms with Gasteiger partial charge in [0.25, 0.3) is 11.8 Å². The third kappa shape index (κ3) is 5.78. The van der Waals surface area contributed by atoms with Gasteiger partial charge in [0.15, 0.2) is 5.82 Å². The Morgan fingerprint density at radius 2 is 1.81 bits per heavy atom. The second-order valence-electron chi connectivity index (χ2n) is 8.86. The summed E-state index contributed by atoms with van der Waals surface area (Å²) in [5, 5.41) is 9.89. The zero-order valence-electron chi connectivity index (χ0n) is 19.8. The summed E-state index contributed by atoms with van der Waals surface area (Å²) in [6, 6.07) is 19.0. The average Bonchev–Trinajstić information content (AvgIpc) is 3.59. The molecule has 0 saturated heterocycles. The zero-order chi connectivity index (χ0) is 25.8. The van der Waals surface area contributed by atoms with Crippen molar-refractivity contribution in [2.45, 2.75) is 31.3 Å². The Hall–Kier alpha value is -4.66. The van der Waals surface area contributed by atoms with Crippen LogP contribution in [-0.4, -0.2) is 44.4 Å². The van der Waals surface area contributed by atoms with Crippen LogP contribution >= 0.6 is 0 Å². The highest BCUT2D eigenvalue weighted by Crippen LogP contribution is 2.20. The van der Waals surface area contributed by atoms with Crippen molar-refractivity contribution in [3.05, 3.63) is 102 Å². The van der Waals surface area contributed by atoms with Crippen LogP contribution in [0, 0.1) is 5.82 Å². The third-order valence-corrected chi connectivity index (χ3v) is 5.99. The van der Waals surface area contributed by atoms with E-state index in [1.807, 2.05) is 36.4 Å². The summed E-state index contributed by atoms with van der Waals surface area (Å²) in [5.74, 6) is -2.37. The summed E-state index contributed by atoms with van der Waals surface area (Å²) >= 11 is 0. The first-order valence-corrected chi connectivity index (χ1v) is 11.9. The Kier molecular flexibility index (Phi) is 6.85. The van der Waals surface area contributed by atoms with Crippen molar-refractivity contribution < 1.29 is 18.8 Å². The van der Waals surface area contributed by atoms with Crippen LogP contribution in [0.2, 0.25) is 0 Å². The minimum atomic E-state index is -1.20.